The smallest absolute Gasteiger partial charge is 0.341 e. The van der Waals surface area contributed by atoms with Gasteiger partial charge in [-0.25, -0.2) is 19.2 Å². The van der Waals surface area contributed by atoms with Crippen molar-refractivity contribution in [2.75, 3.05) is 51.1 Å². The maximum atomic E-state index is 15.4. The molecule has 12 nitrogen and oxygen atoms in total. The lowest BCUT2D eigenvalue weighted by Crippen LogP contribution is -2.49. The lowest BCUT2D eigenvalue weighted by molar-refractivity contribution is -0.128. The number of hydrogen-bond donors (Lipinski definition) is 1. The Morgan fingerprint density at radius 1 is 1.11 bits per heavy atom. The zero-order valence-corrected chi connectivity index (χ0v) is 26.9. The number of carbonyl (C=O) groups excluding carboxylic acids is 1. The molecule has 2 aromatic carbocycles. The van der Waals surface area contributed by atoms with Gasteiger partial charge in [-0.05, 0) is 43.2 Å². The van der Waals surface area contributed by atoms with Crippen molar-refractivity contribution in [1.29, 1.82) is 5.26 Å². The van der Waals surface area contributed by atoms with Crippen LogP contribution >= 0.6 is 23.4 Å². The highest BCUT2D eigenvalue weighted by atomic mass is 35.5. The number of ether oxygens (including phenoxy) is 2. The Kier molecular flexibility index (Phi) is 8.94. The van der Waals surface area contributed by atoms with Gasteiger partial charge in [0.2, 0.25) is 11.3 Å². The molecule has 2 aliphatic rings. The van der Waals surface area contributed by atoms with Crippen molar-refractivity contribution in [3.05, 3.63) is 68.8 Å². The van der Waals surface area contributed by atoms with Crippen LogP contribution in [-0.4, -0.2) is 82.6 Å². The minimum absolute atomic E-state index is 0.0114. The molecule has 15 heteroatoms. The summed E-state index contributed by atoms with van der Waals surface area (Å²) in [4.78, 5) is 49.9. The van der Waals surface area contributed by atoms with Gasteiger partial charge in [-0.1, -0.05) is 23.4 Å². The zero-order valence-electron chi connectivity index (χ0n) is 25.3. The van der Waals surface area contributed by atoms with E-state index in [2.05, 4.69) is 9.97 Å². The van der Waals surface area contributed by atoms with Crippen LogP contribution in [0.15, 0.2) is 46.5 Å². The van der Waals surface area contributed by atoms with E-state index in [1.54, 1.807) is 33.7 Å². The molecular weight excluding hydrogens is 651 g/mol. The van der Waals surface area contributed by atoms with Gasteiger partial charge >= 0.3 is 5.97 Å². The summed E-state index contributed by atoms with van der Waals surface area (Å²) in [6.45, 7) is 1.36. The fourth-order valence-corrected chi connectivity index (χ4v) is 6.60. The van der Waals surface area contributed by atoms with E-state index in [0.29, 0.717) is 60.1 Å². The Balaban J connectivity index is 1.15. The highest BCUT2D eigenvalue weighted by molar-refractivity contribution is 7.99. The summed E-state index contributed by atoms with van der Waals surface area (Å²) in [6, 6.07) is 9.90. The van der Waals surface area contributed by atoms with E-state index in [-0.39, 0.29) is 44.5 Å². The normalized spacial score (nSPS) is 14.6. The first-order chi connectivity index (χ1) is 22.6. The molecular formula is C32H28ClFN6O6S. The van der Waals surface area contributed by atoms with Crippen molar-refractivity contribution in [2.24, 2.45) is 0 Å². The van der Waals surface area contributed by atoms with Crippen LogP contribution in [0.1, 0.15) is 34.8 Å². The summed E-state index contributed by atoms with van der Waals surface area (Å²) >= 11 is 7.43. The van der Waals surface area contributed by atoms with Crippen molar-refractivity contribution in [1.82, 2.24) is 19.4 Å². The molecule has 0 unspecified atom stereocenters. The molecule has 6 rings (SSSR count). The Morgan fingerprint density at radius 3 is 2.47 bits per heavy atom. The number of nitrogens with zero attached hydrogens (tertiary/aromatic N) is 6. The fourth-order valence-electron chi connectivity index (χ4n) is 5.59. The SMILES string of the molecule is COc1ccc(-c2nc(SCC(=O)N3CCN(c4cc5c(cc4F)c(=O)c(C(=O)O)cn5C4CC4)CC3)nc(Cl)c2C#N)cc1OC. The largest absolute Gasteiger partial charge is 0.493 e. The van der Waals surface area contributed by atoms with Gasteiger partial charge in [0.15, 0.2) is 21.8 Å². The number of pyridine rings is 1. The van der Waals surface area contributed by atoms with Gasteiger partial charge in [-0.15, -0.1) is 0 Å². The molecule has 0 bridgehead atoms. The minimum atomic E-state index is -1.35. The number of carboxylic acids is 1. The number of anilines is 1. The monoisotopic (exact) mass is 678 g/mol. The number of carbonyl (C=O) groups is 2. The van der Waals surface area contributed by atoms with E-state index in [4.69, 9.17) is 21.1 Å². The van der Waals surface area contributed by atoms with Crippen LogP contribution in [0.25, 0.3) is 22.2 Å². The van der Waals surface area contributed by atoms with Crippen LogP contribution < -0.4 is 19.8 Å². The molecule has 2 fully saturated rings. The molecule has 0 spiro atoms. The molecule has 4 aromatic rings. The van der Waals surface area contributed by atoms with Gasteiger partial charge < -0.3 is 28.9 Å². The van der Waals surface area contributed by atoms with E-state index in [0.717, 1.165) is 30.7 Å². The van der Waals surface area contributed by atoms with E-state index in [1.807, 2.05) is 11.0 Å². The summed E-state index contributed by atoms with van der Waals surface area (Å²) in [5.74, 6) is -1.19. The van der Waals surface area contributed by atoms with Crippen molar-refractivity contribution in [3.8, 4) is 28.8 Å². The summed E-state index contributed by atoms with van der Waals surface area (Å²) in [7, 11) is 3.01. The topological polar surface area (TPSA) is 151 Å². The Labute approximate surface area is 277 Å². The average Bonchev–Trinajstić information content (AvgIpc) is 3.92. The predicted molar refractivity (Wildman–Crippen MR) is 173 cm³/mol. The van der Waals surface area contributed by atoms with Gasteiger partial charge in [0.25, 0.3) is 0 Å². The number of benzene rings is 2. The van der Waals surface area contributed by atoms with Gasteiger partial charge in [0.05, 0.1) is 36.9 Å². The number of rotatable bonds is 9. The molecule has 1 amide bonds. The number of fused-ring (bicyclic) bond motifs is 1. The molecule has 1 aliphatic carbocycles. The Hall–Kier alpha value is -4.87. The summed E-state index contributed by atoms with van der Waals surface area (Å²) in [5, 5.41) is 19.4. The van der Waals surface area contributed by atoms with E-state index in [1.165, 1.54) is 20.4 Å². The molecule has 1 saturated carbocycles. The number of aromatic carboxylic acids is 1. The Bertz CT molecular complexity index is 2020. The average molecular weight is 679 g/mol. The quantitative estimate of drug-likeness (QED) is 0.150. The van der Waals surface area contributed by atoms with E-state index in [9.17, 15) is 24.8 Å². The maximum absolute atomic E-state index is 15.4. The van der Waals surface area contributed by atoms with Crippen molar-refractivity contribution >= 4 is 51.8 Å². The summed E-state index contributed by atoms with van der Waals surface area (Å²) < 4.78 is 27.8. The highest BCUT2D eigenvalue weighted by Gasteiger charge is 2.29. The molecule has 1 N–H and O–H groups in total. The lowest BCUT2D eigenvalue weighted by Gasteiger charge is -2.36. The first kappa shape index (κ1) is 32.1. The standard InChI is InChI=1S/C32H28ClFN6O6S/c1-45-25-6-3-17(11-26(25)46-2)28-20(14-35)30(33)37-32(36-28)47-16-27(41)39-9-7-38(8-10-39)24-13-23-19(12-22(24)34)29(42)21(31(43)44)15-40(23)18-4-5-18/h3,6,11-13,15,18H,4-5,7-10,16H2,1-2H3,(H,43,44). The second-order valence-corrected chi connectivity index (χ2v) is 12.3. The number of methoxy groups -OCH3 is 2. The van der Waals surface area contributed by atoms with Crippen LogP contribution in [-0.2, 0) is 4.79 Å². The van der Waals surface area contributed by atoms with Gasteiger partial charge in [0.1, 0.15) is 23.0 Å². The number of carboxylic acid groups (broad SMARTS) is 1. The van der Waals surface area contributed by atoms with Crippen LogP contribution in [0.4, 0.5) is 10.1 Å². The molecule has 1 aliphatic heterocycles. The molecule has 242 valence electrons. The third-order valence-electron chi connectivity index (χ3n) is 8.18. The number of aromatic nitrogens is 3. The zero-order chi connectivity index (χ0) is 33.4. The summed E-state index contributed by atoms with van der Waals surface area (Å²) in [5.41, 5.74) is 0.619. The molecule has 0 atom stereocenters. The van der Waals surface area contributed by atoms with Gasteiger partial charge in [-0.2, -0.15) is 5.26 Å². The molecule has 3 heterocycles. The van der Waals surface area contributed by atoms with Gasteiger partial charge in [0, 0.05) is 49.4 Å². The molecule has 47 heavy (non-hydrogen) atoms. The number of nitriles is 1. The number of amides is 1. The van der Waals surface area contributed by atoms with Crippen LogP contribution in [0.5, 0.6) is 11.5 Å². The summed E-state index contributed by atoms with van der Waals surface area (Å²) in [6.07, 6.45) is 3.04. The first-order valence-corrected chi connectivity index (χ1v) is 16.0. The maximum Gasteiger partial charge on any atom is 0.341 e. The van der Waals surface area contributed by atoms with Crippen molar-refractivity contribution in [3.63, 3.8) is 0 Å². The second kappa shape index (κ2) is 13.1. The third-order valence-corrected chi connectivity index (χ3v) is 9.29. The van der Waals surface area contributed by atoms with Crippen molar-refractivity contribution < 1.29 is 28.6 Å². The fraction of sp³-hybridized carbons (Fsp3) is 0.312. The first-order valence-electron chi connectivity index (χ1n) is 14.6. The van der Waals surface area contributed by atoms with Crippen LogP contribution in [0, 0.1) is 17.1 Å². The number of halogens is 2. The van der Waals surface area contributed by atoms with E-state index < -0.39 is 17.2 Å². The predicted octanol–water partition coefficient (Wildman–Crippen LogP) is 4.61. The Morgan fingerprint density at radius 2 is 1.83 bits per heavy atom. The number of hydrogen-bond acceptors (Lipinski definition) is 10. The minimum Gasteiger partial charge on any atom is -0.493 e. The second-order valence-electron chi connectivity index (χ2n) is 11.0. The number of thioether (sulfide) groups is 1. The van der Waals surface area contributed by atoms with Crippen LogP contribution in [0.2, 0.25) is 5.15 Å². The van der Waals surface area contributed by atoms with Gasteiger partial charge in [-0.3, -0.25) is 9.59 Å². The number of piperazine rings is 1. The van der Waals surface area contributed by atoms with E-state index >= 15 is 4.39 Å². The van der Waals surface area contributed by atoms with Crippen LogP contribution in [0.3, 0.4) is 0 Å². The third kappa shape index (κ3) is 6.28. The molecule has 0 radical (unpaired) electrons. The van der Waals surface area contributed by atoms with Crippen molar-refractivity contribution in [2.45, 2.75) is 24.0 Å². The molecule has 1 saturated heterocycles. The molecule has 2 aromatic heterocycles. The highest BCUT2D eigenvalue weighted by Crippen LogP contribution is 2.39. The lowest BCUT2D eigenvalue weighted by atomic mass is 10.1.